The van der Waals surface area contributed by atoms with Gasteiger partial charge in [0.05, 0.1) is 12.2 Å². The summed E-state index contributed by atoms with van der Waals surface area (Å²) in [5, 5.41) is 30.4. The van der Waals surface area contributed by atoms with Crippen LogP contribution in [0.5, 0.6) is 0 Å². The summed E-state index contributed by atoms with van der Waals surface area (Å²) < 4.78 is 40.2. The number of piperidine rings is 1. The highest BCUT2D eigenvalue weighted by Gasteiger charge is 2.56. The Morgan fingerprint density at radius 1 is 1.17 bits per heavy atom. The molecule has 4 aliphatic rings. The fourth-order valence-electron chi connectivity index (χ4n) is 7.72. The van der Waals surface area contributed by atoms with Crippen molar-refractivity contribution in [2.75, 3.05) is 19.6 Å². The molecule has 1 saturated heterocycles. The van der Waals surface area contributed by atoms with Gasteiger partial charge >= 0.3 is 6.18 Å². The van der Waals surface area contributed by atoms with Crippen LogP contribution in [0.1, 0.15) is 71.6 Å². The lowest BCUT2D eigenvalue weighted by Crippen LogP contribution is -2.57. The number of hydrogen-bond donors (Lipinski definition) is 3. The van der Waals surface area contributed by atoms with E-state index in [2.05, 4.69) is 26.5 Å². The van der Waals surface area contributed by atoms with Crippen molar-refractivity contribution in [2.24, 2.45) is 23.2 Å². The Bertz CT molecular complexity index is 868. The van der Waals surface area contributed by atoms with E-state index in [0.29, 0.717) is 49.8 Å². The van der Waals surface area contributed by atoms with Gasteiger partial charge in [0.25, 0.3) is 0 Å². The Kier molecular flexibility index (Phi) is 7.65. The summed E-state index contributed by atoms with van der Waals surface area (Å²) >= 11 is 0. The van der Waals surface area contributed by atoms with Gasteiger partial charge in [0.1, 0.15) is 0 Å². The van der Waals surface area contributed by atoms with Crippen LogP contribution in [0.2, 0.25) is 0 Å². The van der Waals surface area contributed by atoms with Gasteiger partial charge < -0.3 is 15.3 Å². The Hall–Kier alpha value is -1.15. The van der Waals surface area contributed by atoms with E-state index in [1.807, 2.05) is 11.0 Å². The molecule has 0 aromatic rings. The number of fused-ring (bicyclic) bond motifs is 1. The van der Waals surface area contributed by atoms with Crippen LogP contribution < -0.4 is 0 Å². The van der Waals surface area contributed by atoms with Gasteiger partial charge in [-0.05, 0) is 92.2 Å². The molecule has 7 atom stereocenters. The maximum Gasteiger partial charge on any atom is 0.418 e. The maximum atomic E-state index is 13.4. The summed E-state index contributed by atoms with van der Waals surface area (Å²) in [6, 6.07) is 0. The molecule has 7 heteroatoms. The highest BCUT2D eigenvalue weighted by molar-refractivity contribution is 5.38. The average molecular weight is 498 g/mol. The summed E-state index contributed by atoms with van der Waals surface area (Å²) in [6.45, 7) is 9.43. The van der Waals surface area contributed by atoms with Crippen molar-refractivity contribution >= 4 is 0 Å². The third-order valence-electron chi connectivity index (χ3n) is 9.61. The lowest BCUT2D eigenvalue weighted by Gasteiger charge is -2.46. The molecule has 3 aliphatic carbocycles. The monoisotopic (exact) mass is 497 g/mol. The van der Waals surface area contributed by atoms with E-state index in [-0.39, 0.29) is 24.3 Å². The van der Waals surface area contributed by atoms with Crippen molar-refractivity contribution in [3.05, 3.63) is 35.5 Å². The first kappa shape index (κ1) is 26.9. The van der Waals surface area contributed by atoms with Gasteiger partial charge in [-0.2, -0.15) is 13.2 Å². The molecular weight excluding hydrogens is 455 g/mol. The van der Waals surface area contributed by atoms with Crippen LogP contribution >= 0.6 is 0 Å². The van der Waals surface area contributed by atoms with E-state index in [1.165, 1.54) is 5.57 Å². The number of nitrogens with zero attached hydrogens (tertiary/aromatic N) is 1. The molecule has 0 amide bonds. The van der Waals surface area contributed by atoms with E-state index in [1.54, 1.807) is 0 Å². The smallest absolute Gasteiger partial charge is 0.393 e. The van der Waals surface area contributed by atoms with Crippen molar-refractivity contribution < 1.29 is 28.5 Å². The number of β-amino-alcohol motifs (C(OH)–C–C–N with tert-alkyl or cyclic N) is 1. The molecule has 3 N–H and O–H groups in total. The summed E-state index contributed by atoms with van der Waals surface area (Å²) in [7, 11) is 0. The number of allylic oxidation sites excluding steroid dienone is 3. The molecule has 4 rings (SSSR count). The third kappa shape index (κ3) is 5.29. The number of halogens is 3. The topological polar surface area (TPSA) is 63.9 Å². The zero-order valence-electron chi connectivity index (χ0n) is 21.2. The van der Waals surface area contributed by atoms with Crippen LogP contribution in [0.25, 0.3) is 0 Å². The number of aliphatic hydroxyl groups excluding tert-OH is 2. The summed E-state index contributed by atoms with van der Waals surface area (Å²) in [6.07, 6.45) is 4.80. The molecule has 198 valence electrons. The lowest BCUT2D eigenvalue weighted by molar-refractivity contribution is -0.274. The van der Waals surface area contributed by atoms with Crippen LogP contribution in [0.15, 0.2) is 35.5 Å². The van der Waals surface area contributed by atoms with Crippen LogP contribution in [0, 0.1) is 23.2 Å². The zero-order chi connectivity index (χ0) is 25.6. The Morgan fingerprint density at radius 2 is 1.91 bits per heavy atom. The maximum absolute atomic E-state index is 13.4. The number of likely N-dealkylation sites (tertiary alicyclic amines) is 1. The van der Waals surface area contributed by atoms with Crippen LogP contribution in [0.3, 0.4) is 0 Å². The standard InChI is InChI=1S/C28H42F3NO3/c1-18(16-32-13-5-12-27(35,17-32)28(29,30)31)23-9-10-24-20(6-4-11-26(23,24)3)7-8-21-14-22(33)15-25(34)19(21)2/h7-8,18,22-25,33-35H,2,4-6,9-17H2,1,3H3/b20-7+,21-8-/t18?,22-,23-,24+,25+,26-,27?/m1/s1. The molecule has 4 fully saturated rings. The first-order chi connectivity index (χ1) is 16.3. The van der Waals surface area contributed by atoms with E-state index < -0.39 is 24.0 Å². The zero-order valence-corrected chi connectivity index (χ0v) is 21.2. The minimum atomic E-state index is -4.59. The molecule has 35 heavy (non-hydrogen) atoms. The molecule has 1 aliphatic heterocycles. The van der Waals surface area contributed by atoms with E-state index in [4.69, 9.17) is 0 Å². The molecule has 1 heterocycles. The van der Waals surface area contributed by atoms with Crippen molar-refractivity contribution in [2.45, 2.75) is 95.6 Å². The molecule has 0 aromatic heterocycles. The number of rotatable bonds is 4. The Labute approximate surface area is 207 Å². The van der Waals surface area contributed by atoms with Crippen LogP contribution in [-0.2, 0) is 0 Å². The highest BCUT2D eigenvalue weighted by atomic mass is 19.4. The fraction of sp³-hybridized carbons (Fsp3) is 0.786. The van der Waals surface area contributed by atoms with Gasteiger partial charge in [-0.15, -0.1) is 0 Å². The number of aliphatic hydroxyl groups is 3. The van der Waals surface area contributed by atoms with E-state index in [0.717, 1.165) is 37.7 Å². The number of alkyl halides is 3. The quantitative estimate of drug-likeness (QED) is 0.503. The van der Waals surface area contributed by atoms with Crippen molar-refractivity contribution in [1.29, 1.82) is 0 Å². The third-order valence-corrected chi connectivity index (χ3v) is 9.61. The predicted molar refractivity (Wildman–Crippen MR) is 131 cm³/mol. The predicted octanol–water partition coefficient (Wildman–Crippen LogP) is 5.15. The summed E-state index contributed by atoms with van der Waals surface area (Å²) in [5.41, 5.74) is 0.546. The van der Waals surface area contributed by atoms with Crippen LogP contribution in [-0.4, -0.2) is 63.8 Å². The van der Waals surface area contributed by atoms with Gasteiger partial charge in [-0.1, -0.05) is 38.2 Å². The van der Waals surface area contributed by atoms with Crippen molar-refractivity contribution in [3.63, 3.8) is 0 Å². The number of hydrogen-bond acceptors (Lipinski definition) is 4. The molecule has 0 radical (unpaired) electrons. The molecule has 0 bridgehead atoms. The summed E-state index contributed by atoms with van der Waals surface area (Å²) in [4.78, 5) is 1.83. The van der Waals surface area contributed by atoms with Crippen molar-refractivity contribution in [1.82, 2.24) is 4.90 Å². The minimum absolute atomic E-state index is 0.112. The molecule has 2 unspecified atom stereocenters. The Morgan fingerprint density at radius 3 is 2.63 bits per heavy atom. The summed E-state index contributed by atoms with van der Waals surface area (Å²) in [5.74, 6) is 1.13. The second-order valence-corrected chi connectivity index (χ2v) is 12.0. The lowest BCUT2D eigenvalue weighted by atomic mass is 9.61. The van der Waals surface area contributed by atoms with E-state index in [9.17, 15) is 28.5 Å². The normalized spacial score (nSPS) is 42.5. The second kappa shape index (κ2) is 9.96. The second-order valence-electron chi connectivity index (χ2n) is 12.0. The van der Waals surface area contributed by atoms with Gasteiger partial charge in [-0.25, -0.2) is 0 Å². The molecule has 0 spiro atoms. The average Bonchev–Trinajstić information content (AvgIpc) is 3.12. The Balaban J connectivity index is 1.46. The first-order valence-corrected chi connectivity index (χ1v) is 13.3. The fourth-order valence-corrected chi connectivity index (χ4v) is 7.72. The van der Waals surface area contributed by atoms with E-state index >= 15 is 0 Å². The molecular formula is C28H42F3NO3. The first-order valence-electron chi connectivity index (χ1n) is 13.3. The van der Waals surface area contributed by atoms with Crippen molar-refractivity contribution in [3.8, 4) is 0 Å². The van der Waals surface area contributed by atoms with Gasteiger partial charge in [-0.3, -0.25) is 4.90 Å². The van der Waals surface area contributed by atoms with Crippen LogP contribution in [0.4, 0.5) is 13.2 Å². The molecule has 3 saturated carbocycles. The largest absolute Gasteiger partial charge is 0.418 e. The van der Waals surface area contributed by atoms with Gasteiger partial charge in [0.15, 0.2) is 5.60 Å². The van der Waals surface area contributed by atoms with Gasteiger partial charge in [0, 0.05) is 19.5 Å². The SMILES string of the molecule is C=C1/C(=C\C=C2/CCC[C@]3(C)[C@@H](C(C)CN4CCCC(O)(C(F)(F)F)C4)CC[C@@H]23)C[C@@H](O)C[C@@H]1O. The molecule has 0 aromatic carbocycles. The van der Waals surface area contributed by atoms with Gasteiger partial charge in [0.2, 0.25) is 0 Å². The minimum Gasteiger partial charge on any atom is -0.393 e. The molecule has 4 nitrogen and oxygen atoms in total. The highest BCUT2D eigenvalue weighted by Crippen LogP contribution is 2.59.